The molecule has 0 fully saturated rings. The quantitative estimate of drug-likeness (QED) is 0.0261. The van der Waals surface area contributed by atoms with Crippen LogP contribution in [0.4, 0.5) is 0 Å². The third-order valence-electron chi connectivity index (χ3n) is 14.1. The second-order valence-electron chi connectivity index (χ2n) is 21.6. The molecule has 0 saturated heterocycles. The summed E-state index contributed by atoms with van der Waals surface area (Å²) in [6.45, 7) is 6.53. The zero-order chi connectivity index (χ0) is 55.7. The van der Waals surface area contributed by atoms with E-state index in [-0.39, 0.29) is 31.1 Å². The van der Waals surface area contributed by atoms with Crippen LogP contribution in [0.3, 0.4) is 0 Å². The highest BCUT2D eigenvalue weighted by molar-refractivity contribution is 5.71. The van der Waals surface area contributed by atoms with Gasteiger partial charge in [-0.3, -0.25) is 14.4 Å². The molecule has 0 aliphatic carbocycles. The van der Waals surface area contributed by atoms with Crippen LogP contribution in [-0.4, -0.2) is 37.2 Å². The van der Waals surface area contributed by atoms with Crippen LogP contribution in [0.2, 0.25) is 0 Å². The second kappa shape index (κ2) is 64.9. The van der Waals surface area contributed by atoms with Crippen LogP contribution in [0.1, 0.15) is 316 Å². The first-order valence-corrected chi connectivity index (χ1v) is 32.7. The fourth-order valence-corrected chi connectivity index (χ4v) is 9.18. The SMILES string of the molecule is CC/C=C\C/C=C\C/C=C\C/C=C\C/C=C\C/C=C\C/C=C\CCCCCCCC(=O)OCC(COC(=O)CCCCCCC/C=C\CCCCCCCC)OC(=O)CCCCCCCCCCCCCCCCCCC. The van der Waals surface area contributed by atoms with E-state index in [4.69, 9.17) is 14.2 Å². The van der Waals surface area contributed by atoms with Crippen LogP contribution in [-0.2, 0) is 28.6 Å². The summed E-state index contributed by atoms with van der Waals surface area (Å²) in [7, 11) is 0. The summed E-state index contributed by atoms with van der Waals surface area (Å²) in [5, 5.41) is 0. The lowest BCUT2D eigenvalue weighted by atomic mass is 10.0. The van der Waals surface area contributed by atoms with Crippen molar-refractivity contribution >= 4 is 17.9 Å². The van der Waals surface area contributed by atoms with Gasteiger partial charge in [0.1, 0.15) is 13.2 Å². The monoisotopic (exact) mass is 1070 g/mol. The summed E-state index contributed by atoms with van der Waals surface area (Å²) in [6, 6.07) is 0. The van der Waals surface area contributed by atoms with Gasteiger partial charge in [0.25, 0.3) is 0 Å². The van der Waals surface area contributed by atoms with E-state index in [1.54, 1.807) is 0 Å². The number of carbonyl (C=O) groups excluding carboxylic acids is 3. The predicted molar refractivity (Wildman–Crippen MR) is 334 cm³/mol. The molecule has 6 nitrogen and oxygen atoms in total. The van der Waals surface area contributed by atoms with Crippen LogP contribution in [0.25, 0.3) is 0 Å². The van der Waals surface area contributed by atoms with E-state index in [0.29, 0.717) is 19.3 Å². The largest absolute Gasteiger partial charge is 0.462 e. The van der Waals surface area contributed by atoms with Gasteiger partial charge in [-0.05, 0) is 103 Å². The van der Waals surface area contributed by atoms with Gasteiger partial charge in [-0.25, -0.2) is 0 Å². The van der Waals surface area contributed by atoms with Gasteiger partial charge >= 0.3 is 17.9 Å². The Balaban J connectivity index is 4.38. The van der Waals surface area contributed by atoms with Crippen LogP contribution in [0.5, 0.6) is 0 Å². The average molecular weight is 1070 g/mol. The lowest BCUT2D eigenvalue weighted by Gasteiger charge is -2.18. The summed E-state index contributed by atoms with van der Waals surface area (Å²) in [6.07, 6.45) is 86.9. The topological polar surface area (TPSA) is 78.9 Å². The van der Waals surface area contributed by atoms with Gasteiger partial charge in [0.05, 0.1) is 0 Å². The lowest BCUT2D eigenvalue weighted by molar-refractivity contribution is -0.167. The highest BCUT2D eigenvalue weighted by Crippen LogP contribution is 2.16. The molecule has 0 aromatic heterocycles. The Kier molecular flexibility index (Phi) is 61.8. The van der Waals surface area contributed by atoms with Gasteiger partial charge in [-0.2, -0.15) is 0 Å². The first kappa shape index (κ1) is 73.3. The summed E-state index contributed by atoms with van der Waals surface area (Å²) in [4.78, 5) is 38.3. The van der Waals surface area contributed by atoms with Crippen molar-refractivity contribution in [2.24, 2.45) is 0 Å². The molecule has 0 saturated carbocycles. The molecule has 0 spiro atoms. The fraction of sp³-hybridized carbons (Fsp3) is 0.732. The van der Waals surface area contributed by atoms with E-state index in [0.717, 1.165) is 128 Å². The third-order valence-corrected chi connectivity index (χ3v) is 14.1. The molecule has 0 aliphatic heterocycles. The zero-order valence-corrected chi connectivity index (χ0v) is 50.7. The second-order valence-corrected chi connectivity index (χ2v) is 21.6. The average Bonchev–Trinajstić information content (AvgIpc) is 3.43. The van der Waals surface area contributed by atoms with Gasteiger partial charge in [0, 0.05) is 19.3 Å². The zero-order valence-electron chi connectivity index (χ0n) is 50.7. The Morgan fingerprint density at radius 3 is 0.805 bits per heavy atom. The van der Waals surface area contributed by atoms with Crippen LogP contribution >= 0.6 is 0 Å². The Morgan fingerprint density at radius 1 is 0.273 bits per heavy atom. The molecule has 442 valence electrons. The van der Waals surface area contributed by atoms with Crippen molar-refractivity contribution in [1.82, 2.24) is 0 Å². The molecule has 0 aromatic rings. The summed E-state index contributed by atoms with van der Waals surface area (Å²) < 4.78 is 16.9. The van der Waals surface area contributed by atoms with Crippen molar-refractivity contribution in [2.45, 2.75) is 322 Å². The normalized spacial score (nSPS) is 12.7. The maximum atomic E-state index is 12.9. The van der Waals surface area contributed by atoms with Crippen molar-refractivity contribution in [3.8, 4) is 0 Å². The minimum atomic E-state index is -0.789. The van der Waals surface area contributed by atoms with E-state index < -0.39 is 6.10 Å². The molecule has 0 bridgehead atoms. The number of hydrogen-bond donors (Lipinski definition) is 0. The smallest absolute Gasteiger partial charge is 0.306 e. The Bertz CT molecular complexity index is 1510. The molecule has 0 rings (SSSR count). The highest BCUT2D eigenvalue weighted by atomic mass is 16.6. The molecule has 1 unspecified atom stereocenters. The van der Waals surface area contributed by atoms with Crippen molar-refractivity contribution in [1.29, 1.82) is 0 Å². The van der Waals surface area contributed by atoms with Gasteiger partial charge in [0.2, 0.25) is 0 Å². The van der Waals surface area contributed by atoms with Gasteiger partial charge < -0.3 is 14.2 Å². The van der Waals surface area contributed by atoms with Crippen molar-refractivity contribution in [3.63, 3.8) is 0 Å². The predicted octanol–water partition coefficient (Wildman–Crippen LogP) is 22.4. The molecule has 0 N–H and O–H groups in total. The number of ether oxygens (including phenoxy) is 3. The van der Waals surface area contributed by atoms with Crippen LogP contribution in [0.15, 0.2) is 97.2 Å². The summed E-state index contributed by atoms with van der Waals surface area (Å²) in [5.41, 5.74) is 0. The highest BCUT2D eigenvalue weighted by Gasteiger charge is 2.19. The minimum absolute atomic E-state index is 0.0855. The molecule has 0 radical (unpaired) electrons. The molecule has 0 amide bonds. The van der Waals surface area contributed by atoms with Crippen LogP contribution < -0.4 is 0 Å². The first-order valence-electron chi connectivity index (χ1n) is 32.7. The van der Waals surface area contributed by atoms with Gasteiger partial charge in [-0.15, -0.1) is 0 Å². The summed E-state index contributed by atoms with van der Waals surface area (Å²) >= 11 is 0. The van der Waals surface area contributed by atoms with Crippen molar-refractivity contribution in [2.75, 3.05) is 13.2 Å². The molecule has 0 aromatic carbocycles. The number of unbranched alkanes of at least 4 members (excludes halogenated alkanes) is 32. The van der Waals surface area contributed by atoms with Crippen LogP contribution in [0, 0.1) is 0 Å². The molecule has 0 heterocycles. The van der Waals surface area contributed by atoms with E-state index in [1.165, 1.54) is 148 Å². The third kappa shape index (κ3) is 63.0. The Hall–Kier alpha value is -3.67. The molecular formula is C71H122O6. The van der Waals surface area contributed by atoms with E-state index in [2.05, 4.69) is 118 Å². The van der Waals surface area contributed by atoms with Crippen molar-refractivity contribution in [3.05, 3.63) is 97.2 Å². The van der Waals surface area contributed by atoms with E-state index >= 15 is 0 Å². The van der Waals surface area contributed by atoms with Gasteiger partial charge in [-0.1, -0.05) is 291 Å². The molecule has 1 atom stereocenters. The number of hydrogen-bond acceptors (Lipinski definition) is 6. The summed E-state index contributed by atoms with van der Waals surface area (Å²) in [5.74, 6) is -0.899. The Morgan fingerprint density at radius 2 is 0.506 bits per heavy atom. The molecule has 0 aliphatic rings. The first-order chi connectivity index (χ1) is 38.0. The fourth-order valence-electron chi connectivity index (χ4n) is 9.18. The maximum absolute atomic E-state index is 12.9. The number of allylic oxidation sites excluding steroid dienone is 16. The molecule has 77 heavy (non-hydrogen) atoms. The van der Waals surface area contributed by atoms with E-state index in [9.17, 15) is 14.4 Å². The number of carbonyl (C=O) groups is 3. The van der Waals surface area contributed by atoms with E-state index in [1.807, 2.05) is 0 Å². The maximum Gasteiger partial charge on any atom is 0.306 e. The lowest BCUT2D eigenvalue weighted by Crippen LogP contribution is -2.30. The van der Waals surface area contributed by atoms with Gasteiger partial charge in [0.15, 0.2) is 6.10 Å². The number of rotatable bonds is 59. The number of esters is 3. The Labute approximate surface area is 477 Å². The molecular weight excluding hydrogens is 949 g/mol. The molecule has 6 heteroatoms. The standard InChI is InChI=1S/C71H122O6/c1-4-7-10-13-16-19-22-25-28-30-31-32-33-34-35-36-37-38-39-41-43-46-49-52-55-58-61-64-70(73)76-67-68(66-75-69(72)63-60-57-54-51-48-45-42-27-24-21-18-15-12-9-6-3)77-71(74)65-62-59-56-53-50-47-44-40-29-26-23-20-17-14-11-8-5-2/h7,10,16,19,25,27-28,31-32,34-35,37-38,41-43,68H,4-6,8-9,11-15,17-18,20-24,26,29-30,33,36,39-40,44-67H2,1-3H3/b10-7-,19-16-,28-25-,32-31-,35-34-,38-37-,42-27-,43-41-. The minimum Gasteiger partial charge on any atom is -0.462 e. The van der Waals surface area contributed by atoms with Crippen molar-refractivity contribution < 1.29 is 28.6 Å².